The SMILES string of the molecule is CN(Cc1cc(C(=O)NN)no1)c1ccc(C#N)cc1. The van der Waals surface area contributed by atoms with E-state index in [0.717, 1.165) is 5.69 Å². The van der Waals surface area contributed by atoms with E-state index in [0.29, 0.717) is 17.9 Å². The second kappa shape index (κ2) is 5.86. The van der Waals surface area contributed by atoms with E-state index in [1.54, 1.807) is 12.1 Å². The van der Waals surface area contributed by atoms with Crippen LogP contribution in [0.2, 0.25) is 0 Å². The zero-order valence-corrected chi connectivity index (χ0v) is 10.8. The van der Waals surface area contributed by atoms with Gasteiger partial charge in [-0.3, -0.25) is 10.2 Å². The first kappa shape index (κ1) is 13.6. The number of rotatable bonds is 4. The van der Waals surface area contributed by atoms with Gasteiger partial charge in [-0.25, -0.2) is 5.84 Å². The van der Waals surface area contributed by atoms with Gasteiger partial charge < -0.3 is 9.42 Å². The molecule has 2 aromatic rings. The second-order valence-corrected chi connectivity index (χ2v) is 4.17. The lowest BCUT2D eigenvalue weighted by Gasteiger charge is -2.17. The van der Waals surface area contributed by atoms with Gasteiger partial charge in [0.15, 0.2) is 11.5 Å². The minimum atomic E-state index is -0.499. The third-order valence-electron chi connectivity index (χ3n) is 2.75. The summed E-state index contributed by atoms with van der Waals surface area (Å²) < 4.78 is 5.06. The molecule has 0 radical (unpaired) electrons. The summed E-state index contributed by atoms with van der Waals surface area (Å²) in [5, 5.41) is 12.4. The van der Waals surface area contributed by atoms with Crippen LogP contribution in [0.1, 0.15) is 21.8 Å². The molecule has 1 amide bonds. The summed E-state index contributed by atoms with van der Waals surface area (Å²) in [6.07, 6.45) is 0. The molecule has 1 aromatic carbocycles. The van der Waals surface area contributed by atoms with Crippen molar-refractivity contribution in [1.82, 2.24) is 10.6 Å². The number of hydrazine groups is 1. The number of nitrogens with two attached hydrogens (primary N) is 1. The molecule has 0 aliphatic carbocycles. The molecule has 7 nitrogen and oxygen atoms in total. The Labute approximate surface area is 115 Å². The topological polar surface area (TPSA) is 108 Å². The van der Waals surface area contributed by atoms with Crippen LogP contribution < -0.4 is 16.2 Å². The number of hydrogen-bond acceptors (Lipinski definition) is 6. The van der Waals surface area contributed by atoms with Gasteiger partial charge in [-0.1, -0.05) is 5.16 Å². The van der Waals surface area contributed by atoms with E-state index in [1.807, 2.05) is 29.5 Å². The Morgan fingerprint density at radius 2 is 2.20 bits per heavy atom. The summed E-state index contributed by atoms with van der Waals surface area (Å²) in [5.41, 5.74) is 3.64. The van der Waals surface area contributed by atoms with Gasteiger partial charge in [0.05, 0.1) is 18.2 Å². The van der Waals surface area contributed by atoms with Crippen LogP contribution >= 0.6 is 0 Å². The van der Waals surface area contributed by atoms with Crippen molar-refractivity contribution in [2.75, 3.05) is 11.9 Å². The van der Waals surface area contributed by atoms with Gasteiger partial charge in [-0.15, -0.1) is 0 Å². The largest absolute Gasteiger partial charge is 0.367 e. The van der Waals surface area contributed by atoms with Crippen molar-refractivity contribution in [3.63, 3.8) is 0 Å². The number of nitrogen functional groups attached to an aromatic ring is 1. The van der Waals surface area contributed by atoms with Gasteiger partial charge in [0.1, 0.15) is 0 Å². The molecule has 0 aliphatic heterocycles. The molecule has 0 saturated heterocycles. The van der Waals surface area contributed by atoms with E-state index in [4.69, 9.17) is 15.6 Å². The van der Waals surface area contributed by atoms with Gasteiger partial charge in [-0.2, -0.15) is 5.26 Å². The first-order chi connectivity index (χ1) is 9.63. The normalized spacial score (nSPS) is 9.85. The molecule has 20 heavy (non-hydrogen) atoms. The van der Waals surface area contributed by atoms with Crippen molar-refractivity contribution in [2.45, 2.75) is 6.54 Å². The number of nitrogens with one attached hydrogen (secondary N) is 1. The minimum Gasteiger partial charge on any atom is -0.367 e. The lowest BCUT2D eigenvalue weighted by molar-refractivity contribution is 0.0944. The highest BCUT2D eigenvalue weighted by Crippen LogP contribution is 2.16. The molecule has 0 saturated carbocycles. The lowest BCUT2D eigenvalue weighted by atomic mass is 10.2. The van der Waals surface area contributed by atoms with Crippen LogP contribution in [-0.2, 0) is 6.54 Å². The first-order valence-electron chi connectivity index (χ1n) is 5.82. The minimum absolute atomic E-state index is 0.135. The standard InChI is InChI=1S/C13H13N5O2/c1-18(10-4-2-9(7-14)3-5-10)8-11-6-12(17-20-11)13(19)16-15/h2-6H,8,15H2,1H3,(H,16,19). The fourth-order valence-corrected chi connectivity index (χ4v) is 1.68. The molecule has 0 aliphatic rings. The quantitative estimate of drug-likeness (QED) is 0.483. The Kier molecular flexibility index (Phi) is 3.98. The Hall–Kier alpha value is -2.85. The fraction of sp³-hybridized carbons (Fsp3) is 0.154. The van der Waals surface area contributed by atoms with Crippen molar-refractivity contribution < 1.29 is 9.32 Å². The van der Waals surface area contributed by atoms with E-state index < -0.39 is 5.91 Å². The second-order valence-electron chi connectivity index (χ2n) is 4.17. The number of nitrogens with zero attached hydrogens (tertiary/aromatic N) is 3. The average molecular weight is 271 g/mol. The molecule has 102 valence electrons. The maximum Gasteiger partial charge on any atom is 0.287 e. The highest BCUT2D eigenvalue weighted by atomic mass is 16.5. The summed E-state index contributed by atoms with van der Waals surface area (Å²) in [7, 11) is 1.87. The molecule has 0 spiro atoms. The monoisotopic (exact) mass is 271 g/mol. The van der Waals surface area contributed by atoms with Crippen LogP contribution in [0, 0.1) is 11.3 Å². The number of anilines is 1. The number of aromatic nitrogens is 1. The predicted molar refractivity (Wildman–Crippen MR) is 71.4 cm³/mol. The molecule has 1 aromatic heterocycles. The Morgan fingerprint density at radius 3 is 2.80 bits per heavy atom. The Bertz CT molecular complexity index is 642. The van der Waals surface area contributed by atoms with Crippen LogP contribution in [0.5, 0.6) is 0 Å². The van der Waals surface area contributed by atoms with Gasteiger partial charge in [0, 0.05) is 18.8 Å². The van der Waals surface area contributed by atoms with Crippen LogP contribution in [-0.4, -0.2) is 18.1 Å². The molecule has 0 atom stereocenters. The summed E-state index contributed by atoms with van der Waals surface area (Å²) in [6.45, 7) is 0.441. The number of carbonyl (C=O) groups excluding carboxylic acids is 1. The highest BCUT2D eigenvalue weighted by Gasteiger charge is 2.12. The summed E-state index contributed by atoms with van der Waals surface area (Å²) in [4.78, 5) is 13.2. The van der Waals surface area contributed by atoms with Crippen molar-refractivity contribution in [1.29, 1.82) is 5.26 Å². The molecule has 0 fully saturated rings. The molecule has 7 heteroatoms. The smallest absolute Gasteiger partial charge is 0.287 e. The molecule has 2 rings (SSSR count). The number of benzene rings is 1. The third-order valence-corrected chi connectivity index (χ3v) is 2.75. The maximum atomic E-state index is 11.3. The zero-order valence-electron chi connectivity index (χ0n) is 10.8. The van der Waals surface area contributed by atoms with Gasteiger partial charge in [0.2, 0.25) is 0 Å². The molecule has 1 heterocycles. The summed E-state index contributed by atoms with van der Waals surface area (Å²) in [5.74, 6) is 5.05. The number of nitriles is 1. The van der Waals surface area contributed by atoms with E-state index in [1.165, 1.54) is 6.07 Å². The van der Waals surface area contributed by atoms with Crippen LogP contribution in [0.3, 0.4) is 0 Å². The van der Waals surface area contributed by atoms with Crippen molar-refractivity contribution in [3.8, 4) is 6.07 Å². The van der Waals surface area contributed by atoms with E-state index in [-0.39, 0.29) is 5.69 Å². The number of hydrogen-bond donors (Lipinski definition) is 2. The van der Waals surface area contributed by atoms with Crippen LogP contribution in [0.15, 0.2) is 34.9 Å². The van der Waals surface area contributed by atoms with Crippen LogP contribution in [0.25, 0.3) is 0 Å². The average Bonchev–Trinajstić information content (AvgIpc) is 2.95. The number of amides is 1. The third kappa shape index (κ3) is 2.93. The van der Waals surface area contributed by atoms with Crippen LogP contribution in [0.4, 0.5) is 5.69 Å². The maximum absolute atomic E-state index is 11.3. The van der Waals surface area contributed by atoms with Crippen molar-refractivity contribution in [2.24, 2.45) is 5.84 Å². The Balaban J connectivity index is 2.07. The van der Waals surface area contributed by atoms with Crippen molar-refractivity contribution >= 4 is 11.6 Å². The molecular weight excluding hydrogens is 258 g/mol. The van der Waals surface area contributed by atoms with E-state index in [9.17, 15) is 4.79 Å². The lowest BCUT2D eigenvalue weighted by Crippen LogP contribution is -2.30. The molecule has 0 bridgehead atoms. The van der Waals surface area contributed by atoms with Crippen molar-refractivity contribution in [3.05, 3.63) is 47.3 Å². The molecule has 3 N–H and O–H groups in total. The zero-order chi connectivity index (χ0) is 14.5. The summed E-state index contributed by atoms with van der Waals surface area (Å²) >= 11 is 0. The van der Waals surface area contributed by atoms with Gasteiger partial charge in [0.25, 0.3) is 5.91 Å². The predicted octanol–water partition coefficient (Wildman–Crippen LogP) is 0.786. The Morgan fingerprint density at radius 1 is 1.50 bits per heavy atom. The summed E-state index contributed by atoms with van der Waals surface area (Å²) in [6, 6.07) is 10.7. The highest BCUT2D eigenvalue weighted by molar-refractivity contribution is 5.91. The van der Waals surface area contributed by atoms with E-state index >= 15 is 0 Å². The van der Waals surface area contributed by atoms with Gasteiger partial charge in [-0.05, 0) is 24.3 Å². The fourth-order valence-electron chi connectivity index (χ4n) is 1.68. The first-order valence-corrected chi connectivity index (χ1v) is 5.82. The molecule has 0 unspecified atom stereocenters. The molecular formula is C13H13N5O2. The van der Waals surface area contributed by atoms with Gasteiger partial charge >= 0.3 is 0 Å². The van der Waals surface area contributed by atoms with E-state index in [2.05, 4.69) is 11.2 Å². The number of carbonyl (C=O) groups is 1.